The lowest BCUT2D eigenvalue weighted by atomic mass is 9.73. The Balaban J connectivity index is 1.12. The highest BCUT2D eigenvalue weighted by Gasteiger charge is 2.51. The number of halogens is 1. The molecule has 2 heterocycles. The summed E-state index contributed by atoms with van der Waals surface area (Å²) < 4.78 is 14.7. The second-order valence-corrected chi connectivity index (χ2v) is 10.9. The van der Waals surface area contributed by atoms with Crippen molar-refractivity contribution < 1.29 is 14.0 Å². The molecule has 4 aliphatic rings. The van der Waals surface area contributed by atoms with E-state index in [1.807, 2.05) is 17.9 Å². The van der Waals surface area contributed by atoms with Crippen molar-refractivity contribution in [3.63, 3.8) is 0 Å². The van der Waals surface area contributed by atoms with Gasteiger partial charge in [0, 0.05) is 44.4 Å². The monoisotopic (exact) mass is 427 g/mol. The topological polar surface area (TPSA) is 52.7 Å². The Morgan fingerprint density at radius 1 is 1.10 bits per heavy atom. The van der Waals surface area contributed by atoms with Gasteiger partial charge in [-0.1, -0.05) is 13.0 Å². The van der Waals surface area contributed by atoms with Crippen LogP contribution >= 0.6 is 0 Å². The Morgan fingerprint density at radius 3 is 2.29 bits per heavy atom. The number of likely N-dealkylation sites (tertiary alicyclic amines) is 2. The maximum atomic E-state index is 14.7. The number of amides is 2. The molecule has 2 amide bonds. The zero-order valence-electron chi connectivity index (χ0n) is 18.7. The summed E-state index contributed by atoms with van der Waals surface area (Å²) in [5, 5.41) is 2.78. The van der Waals surface area contributed by atoms with Crippen molar-refractivity contribution in [2.75, 3.05) is 38.5 Å². The average molecular weight is 428 g/mol. The number of nitrogens with one attached hydrogen (secondary N) is 1. The van der Waals surface area contributed by atoms with Crippen LogP contribution in [0.4, 0.5) is 10.1 Å². The van der Waals surface area contributed by atoms with E-state index in [9.17, 15) is 14.0 Å². The van der Waals surface area contributed by atoms with Gasteiger partial charge in [0.15, 0.2) is 0 Å². The molecular weight excluding hydrogens is 393 g/mol. The summed E-state index contributed by atoms with van der Waals surface area (Å²) >= 11 is 0. The molecule has 31 heavy (non-hydrogen) atoms. The minimum atomic E-state index is -0.417. The van der Waals surface area contributed by atoms with Crippen molar-refractivity contribution in [2.45, 2.75) is 51.4 Å². The number of benzene rings is 1. The molecule has 6 heteroatoms. The van der Waals surface area contributed by atoms with Crippen LogP contribution in [0.15, 0.2) is 18.2 Å². The van der Waals surface area contributed by atoms with Gasteiger partial charge in [0.25, 0.3) is 0 Å². The van der Waals surface area contributed by atoms with Crippen molar-refractivity contribution in [1.82, 2.24) is 9.80 Å². The molecule has 1 atom stereocenters. The molecule has 168 valence electrons. The summed E-state index contributed by atoms with van der Waals surface area (Å²) in [7, 11) is 2.11. The second-order valence-electron chi connectivity index (χ2n) is 10.9. The average Bonchev–Trinajstić information content (AvgIpc) is 3.56. The van der Waals surface area contributed by atoms with E-state index in [1.165, 1.54) is 31.7 Å². The Morgan fingerprint density at radius 2 is 1.74 bits per heavy atom. The smallest absolute Gasteiger partial charge is 0.224 e. The third-order valence-electron chi connectivity index (χ3n) is 7.81. The van der Waals surface area contributed by atoms with Gasteiger partial charge in [-0.05, 0) is 74.1 Å². The van der Waals surface area contributed by atoms with E-state index in [0.717, 1.165) is 31.7 Å². The molecule has 2 aliphatic heterocycles. The lowest BCUT2D eigenvalue weighted by Crippen LogP contribution is -2.72. The van der Waals surface area contributed by atoms with Gasteiger partial charge < -0.3 is 15.1 Å². The zero-order chi connectivity index (χ0) is 21.8. The summed E-state index contributed by atoms with van der Waals surface area (Å²) in [4.78, 5) is 29.3. The molecule has 1 aromatic carbocycles. The van der Waals surface area contributed by atoms with E-state index in [-0.39, 0.29) is 23.4 Å². The van der Waals surface area contributed by atoms with Crippen molar-refractivity contribution >= 4 is 17.5 Å². The predicted molar refractivity (Wildman–Crippen MR) is 118 cm³/mol. The first-order chi connectivity index (χ1) is 14.8. The number of nitrogens with zero attached hydrogens (tertiary/aromatic N) is 2. The van der Waals surface area contributed by atoms with Crippen molar-refractivity contribution in [3.8, 4) is 0 Å². The standard InChI is InChI=1S/C25H34FN3O2/c1-16(9-24(31)29-14-25(15-29)12-28(2)13-25)19-7-8-22(21(26)10-19)27-23(30)11-20(17-3-4-17)18-5-6-18/h7-8,10,16-18,20H,3-6,9,11-15H2,1-2H3,(H,27,30). The van der Waals surface area contributed by atoms with E-state index in [0.29, 0.717) is 36.0 Å². The SMILES string of the molecule is CC(CC(=O)N1CC2(CN(C)C2)C1)c1ccc(NC(=O)CC(C2CC2)C2CC2)c(F)c1. The predicted octanol–water partition coefficient (Wildman–Crippen LogP) is 3.86. The van der Waals surface area contributed by atoms with Crippen molar-refractivity contribution in [3.05, 3.63) is 29.6 Å². The van der Waals surface area contributed by atoms with Gasteiger partial charge in [0.1, 0.15) is 5.82 Å². The first-order valence-electron chi connectivity index (χ1n) is 11.9. The maximum absolute atomic E-state index is 14.7. The van der Waals surface area contributed by atoms with Gasteiger partial charge in [0.05, 0.1) is 5.69 Å². The Kier molecular flexibility index (Phi) is 5.32. The van der Waals surface area contributed by atoms with Crippen LogP contribution in [0.1, 0.15) is 56.9 Å². The minimum Gasteiger partial charge on any atom is -0.341 e. The van der Waals surface area contributed by atoms with Crippen LogP contribution in [-0.2, 0) is 9.59 Å². The van der Waals surface area contributed by atoms with Gasteiger partial charge in [-0.25, -0.2) is 4.39 Å². The Labute approximate surface area is 184 Å². The lowest BCUT2D eigenvalue weighted by Gasteiger charge is -2.59. The quantitative estimate of drug-likeness (QED) is 0.686. The van der Waals surface area contributed by atoms with Crippen LogP contribution in [0.3, 0.4) is 0 Å². The number of carbonyl (C=O) groups is 2. The molecule has 1 aromatic rings. The van der Waals surface area contributed by atoms with E-state index >= 15 is 0 Å². The summed E-state index contributed by atoms with van der Waals surface area (Å²) in [5.74, 6) is 1.49. The minimum absolute atomic E-state index is 0.0542. The van der Waals surface area contributed by atoms with Gasteiger partial charge in [0.2, 0.25) is 11.8 Å². The highest BCUT2D eigenvalue weighted by Crippen LogP contribution is 2.50. The van der Waals surface area contributed by atoms with Gasteiger partial charge in [-0.15, -0.1) is 0 Å². The number of hydrogen-bond acceptors (Lipinski definition) is 3. The normalized spacial score (nSPS) is 23.4. The molecule has 2 saturated heterocycles. The summed E-state index contributed by atoms with van der Waals surface area (Å²) in [5.41, 5.74) is 1.38. The number of anilines is 1. The molecule has 1 N–H and O–H groups in total. The fraction of sp³-hybridized carbons (Fsp3) is 0.680. The highest BCUT2D eigenvalue weighted by atomic mass is 19.1. The third kappa shape index (κ3) is 4.50. The summed E-state index contributed by atoms with van der Waals surface area (Å²) in [6, 6.07) is 4.97. The summed E-state index contributed by atoms with van der Waals surface area (Å²) in [6.45, 7) is 5.82. The van der Waals surface area contributed by atoms with E-state index in [1.54, 1.807) is 6.07 Å². The number of hydrogen-bond donors (Lipinski definition) is 1. The van der Waals surface area contributed by atoms with Crippen molar-refractivity contribution in [2.24, 2.45) is 23.2 Å². The molecule has 2 aliphatic carbocycles. The molecule has 4 fully saturated rings. The van der Waals surface area contributed by atoms with E-state index < -0.39 is 5.82 Å². The zero-order valence-corrected chi connectivity index (χ0v) is 18.7. The highest BCUT2D eigenvalue weighted by molar-refractivity contribution is 5.91. The molecule has 0 aromatic heterocycles. The van der Waals surface area contributed by atoms with Gasteiger partial charge in [-0.3, -0.25) is 9.59 Å². The van der Waals surface area contributed by atoms with Gasteiger partial charge in [-0.2, -0.15) is 0 Å². The maximum Gasteiger partial charge on any atom is 0.224 e. The molecule has 5 nitrogen and oxygen atoms in total. The van der Waals surface area contributed by atoms with Gasteiger partial charge >= 0.3 is 0 Å². The molecule has 2 saturated carbocycles. The molecule has 0 radical (unpaired) electrons. The first kappa shape index (κ1) is 20.9. The Bertz CT molecular complexity index is 854. The van der Waals surface area contributed by atoms with Crippen molar-refractivity contribution in [1.29, 1.82) is 0 Å². The van der Waals surface area contributed by atoms with Crippen LogP contribution in [0, 0.1) is 29.0 Å². The fourth-order valence-electron chi connectivity index (χ4n) is 5.87. The fourth-order valence-corrected chi connectivity index (χ4v) is 5.87. The first-order valence-corrected chi connectivity index (χ1v) is 11.9. The third-order valence-corrected chi connectivity index (χ3v) is 7.81. The largest absolute Gasteiger partial charge is 0.341 e. The molecular formula is C25H34FN3O2. The molecule has 5 rings (SSSR count). The van der Waals surface area contributed by atoms with E-state index in [4.69, 9.17) is 0 Å². The molecule has 1 spiro atoms. The molecule has 1 unspecified atom stereocenters. The van der Waals surface area contributed by atoms with Crippen LogP contribution in [0.25, 0.3) is 0 Å². The van der Waals surface area contributed by atoms with Crippen LogP contribution < -0.4 is 5.32 Å². The number of rotatable bonds is 8. The second kappa shape index (κ2) is 7.88. The number of carbonyl (C=O) groups excluding carboxylic acids is 2. The van der Waals surface area contributed by atoms with Crippen LogP contribution in [0.2, 0.25) is 0 Å². The Hall–Kier alpha value is -1.95. The summed E-state index contributed by atoms with van der Waals surface area (Å²) in [6.07, 6.45) is 5.86. The van der Waals surface area contributed by atoms with E-state index in [2.05, 4.69) is 17.3 Å². The molecule has 0 bridgehead atoms. The van der Waals surface area contributed by atoms with Crippen LogP contribution in [0.5, 0.6) is 0 Å². The lowest BCUT2D eigenvalue weighted by molar-refractivity contribution is -0.156. The van der Waals surface area contributed by atoms with Crippen LogP contribution in [-0.4, -0.2) is 54.8 Å².